The van der Waals surface area contributed by atoms with Crippen LogP contribution in [0.2, 0.25) is 5.02 Å². The molecule has 0 spiro atoms. The summed E-state index contributed by atoms with van der Waals surface area (Å²) in [5.74, 6) is -0.107. The van der Waals surface area contributed by atoms with Crippen molar-refractivity contribution in [2.75, 3.05) is 19.3 Å². The number of amides is 1. The van der Waals surface area contributed by atoms with Gasteiger partial charge in [-0.05, 0) is 12.1 Å². The third-order valence-corrected chi connectivity index (χ3v) is 4.12. The topological polar surface area (TPSA) is 46.3 Å². The molecule has 3 nitrogen and oxygen atoms in total. The van der Waals surface area contributed by atoms with Crippen LogP contribution in [-0.4, -0.2) is 24.4 Å². The van der Waals surface area contributed by atoms with Crippen molar-refractivity contribution in [3.63, 3.8) is 0 Å². The smallest absolute Gasteiger partial charge is 0.266 e. The molecule has 5 heteroatoms. The second-order valence-electron chi connectivity index (χ2n) is 3.93. The zero-order valence-corrected chi connectivity index (χ0v) is 11.5. The number of hydrogen-bond donors (Lipinski definition) is 1. The van der Waals surface area contributed by atoms with Gasteiger partial charge in [0.05, 0.1) is 10.7 Å². The van der Waals surface area contributed by atoms with Gasteiger partial charge in [-0.15, -0.1) is 17.9 Å². The number of carbonyl (C=O) groups is 1. The second kappa shape index (κ2) is 5.00. The fourth-order valence-electron chi connectivity index (χ4n) is 1.74. The Morgan fingerprint density at radius 3 is 2.94 bits per heavy atom. The Hall–Kier alpha value is -1.52. The first-order valence-corrected chi connectivity index (χ1v) is 6.58. The zero-order chi connectivity index (χ0) is 13.3. The molecule has 0 atom stereocenters. The third-order valence-electron chi connectivity index (χ3n) is 2.65. The van der Waals surface area contributed by atoms with Gasteiger partial charge in [-0.25, -0.2) is 0 Å². The first kappa shape index (κ1) is 12.9. The van der Waals surface area contributed by atoms with Crippen molar-refractivity contribution in [3.05, 3.63) is 40.8 Å². The van der Waals surface area contributed by atoms with Gasteiger partial charge < -0.3 is 10.6 Å². The summed E-state index contributed by atoms with van der Waals surface area (Å²) in [7, 11) is 1.72. The lowest BCUT2D eigenvalue weighted by atomic mass is 10.2. The molecule has 0 unspecified atom stereocenters. The van der Waals surface area contributed by atoms with Crippen molar-refractivity contribution in [1.82, 2.24) is 4.90 Å². The van der Waals surface area contributed by atoms with Crippen LogP contribution in [0.15, 0.2) is 30.9 Å². The van der Waals surface area contributed by atoms with E-state index in [1.165, 1.54) is 11.3 Å². The van der Waals surface area contributed by atoms with E-state index in [1.54, 1.807) is 24.1 Å². The minimum atomic E-state index is -0.107. The van der Waals surface area contributed by atoms with Gasteiger partial charge in [-0.3, -0.25) is 4.79 Å². The van der Waals surface area contributed by atoms with Crippen LogP contribution in [0, 0.1) is 0 Å². The van der Waals surface area contributed by atoms with E-state index in [1.807, 2.05) is 12.1 Å². The van der Waals surface area contributed by atoms with Crippen LogP contribution in [0.3, 0.4) is 0 Å². The van der Waals surface area contributed by atoms with Gasteiger partial charge in [0.1, 0.15) is 4.88 Å². The molecule has 1 heterocycles. The van der Waals surface area contributed by atoms with Gasteiger partial charge in [0.15, 0.2) is 0 Å². The number of halogens is 1. The van der Waals surface area contributed by atoms with E-state index in [4.69, 9.17) is 17.3 Å². The Balaban J connectivity index is 2.52. The predicted molar refractivity (Wildman–Crippen MR) is 78.4 cm³/mol. The summed E-state index contributed by atoms with van der Waals surface area (Å²) in [6, 6.07) is 5.53. The molecule has 0 radical (unpaired) electrons. The van der Waals surface area contributed by atoms with Crippen molar-refractivity contribution in [2.24, 2.45) is 0 Å². The zero-order valence-electron chi connectivity index (χ0n) is 9.94. The van der Waals surface area contributed by atoms with Crippen molar-refractivity contribution < 1.29 is 4.79 Å². The highest BCUT2D eigenvalue weighted by Gasteiger charge is 2.20. The fraction of sp³-hybridized carbons (Fsp3) is 0.154. The minimum Gasteiger partial charge on any atom is -0.397 e. The van der Waals surface area contributed by atoms with E-state index in [2.05, 4.69) is 6.58 Å². The maximum Gasteiger partial charge on any atom is 0.266 e. The van der Waals surface area contributed by atoms with Crippen LogP contribution < -0.4 is 5.73 Å². The van der Waals surface area contributed by atoms with Crippen molar-refractivity contribution in [1.29, 1.82) is 0 Å². The maximum atomic E-state index is 12.2. The third kappa shape index (κ3) is 2.09. The SMILES string of the molecule is C=CCN(C)C(=O)c1sc2cccc(Cl)c2c1N. The molecule has 1 amide bonds. The van der Waals surface area contributed by atoms with E-state index >= 15 is 0 Å². The number of nitrogens with two attached hydrogens (primary N) is 1. The molecule has 0 aliphatic carbocycles. The Kier molecular flexibility index (Phi) is 3.59. The van der Waals surface area contributed by atoms with Gasteiger partial charge in [0, 0.05) is 23.7 Å². The number of nitrogens with zero attached hydrogens (tertiary/aromatic N) is 1. The molecule has 94 valence electrons. The van der Waals surface area contributed by atoms with Crippen LogP contribution in [-0.2, 0) is 0 Å². The molecule has 2 aromatic rings. The molecule has 0 fully saturated rings. The van der Waals surface area contributed by atoms with Gasteiger partial charge in [0.25, 0.3) is 5.91 Å². The summed E-state index contributed by atoms with van der Waals surface area (Å²) < 4.78 is 0.926. The summed E-state index contributed by atoms with van der Waals surface area (Å²) in [6.45, 7) is 4.10. The van der Waals surface area contributed by atoms with Gasteiger partial charge in [-0.2, -0.15) is 0 Å². The molecule has 0 bridgehead atoms. The lowest BCUT2D eigenvalue weighted by Crippen LogP contribution is -2.26. The number of nitrogen functional groups attached to an aromatic ring is 1. The number of rotatable bonds is 3. The number of fused-ring (bicyclic) bond motifs is 1. The Morgan fingerprint density at radius 2 is 2.33 bits per heavy atom. The predicted octanol–water partition coefficient (Wildman–Crippen LogP) is 3.39. The Labute approximate surface area is 114 Å². The Morgan fingerprint density at radius 1 is 1.61 bits per heavy atom. The van der Waals surface area contributed by atoms with Crippen LogP contribution >= 0.6 is 22.9 Å². The lowest BCUT2D eigenvalue weighted by molar-refractivity contribution is 0.0816. The molecular weight excluding hydrogens is 268 g/mol. The van der Waals surface area contributed by atoms with Crippen LogP contribution in [0.25, 0.3) is 10.1 Å². The maximum absolute atomic E-state index is 12.2. The first-order valence-electron chi connectivity index (χ1n) is 5.39. The van der Waals surface area contributed by atoms with Crippen LogP contribution in [0.4, 0.5) is 5.69 Å². The summed E-state index contributed by atoms with van der Waals surface area (Å²) in [6.07, 6.45) is 1.67. The number of likely N-dealkylation sites (N-methyl/N-ethyl adjacent to an activating group) is 1. The lowest BCUT2D eigenvalue weighted by Gasteiger charge is -2.13. The highest BCUT2D eigenvalue weighted by molar-refractivity contribution is 7.21. The minimum absolute atomic E-state index is 0.107. The summed E-state index contributed by atoms with van der Waals surface area (Å²) in [5.41, 5.74) is 6.49. The van der Waals surface area contributed by atoms with E-state index in [0.717, 1.165) is 10.1 Å². The first-order chi connectivity index (χ1) is 8.56. The number of benzene rings is 1. The molecule has 1 aromatic heterocycles. The summed E-state index contributed by atoms with van der Waals surface area (Å²) in [5, 5.41) is 1.34. The molecule has 2 N–H and O–H groups in total. The largest absolute Gasteiger partial charge is 0.397 e. The van der Waals surface area contributed by atoms with E-state index in [9.17, 15) is 4.79 Å². The Bertz CT molecular complexity index is 621. The average Bonchev–Trinajstić information content (AvgIpc) is 2.67. The summed E-state index contributed by atoms with van der Waals surface area (Å²) in [4.78, 5) is 14.3. The molecule has 2 rings (SSSR count). The number of anilines is 1. The molecule has 0 saturated heterocycles. The molecule has 0 saturated carbocycles. The van der Waals surface area contributed by atoms with Crippen LogP contribution in [0.5, 0.6) is 0 Å². The van der Waals surface area contributed by atoms with Crippen molar-refractivity contribution in [2.45, 2.75) is 0 Å². The highest BCUT2D eigenvalue weighted by Crippen LogP contribution is 2.38. The van der Waals surface area contributed by atoms with E-state index in [0.29, 0.717) is 22.1 Å². The highest BCUT2D eigenvalue weighted by atomic mass is 35.5. The molecule has 0 aliphatic heterocycles. The standard InChI is InChI=1S/C13H13ClN2OS/c1-3-7-16(2)13(17)12-11(15)10-8(14)5-4-6-9(10)18-12/h3-6H,1,7,15H2,2H3. The molecular formula is C13H13ClN2OS. The fourth-order valence-corrected chi connectivity index (χ4v) is 3.21. The quantitative estimate of drug-likeness (QED) is 0.876. The van der Waals surface area contributed by atoms with Crippen LogP contribution in [0.1, 0.15) is 9.67 Å². The second-order valence-corrected chi connectivity index (χ2v) is 5.39. The molecule has 1 aromatic carbocycles. The van der Waals surface area contributed by atoms with Gasteiger partial charge in [-0.1, -0.05) is 23.7 Å². The van der Waals surface area contributed by atoms with Crippen molar-refractivity contribution >= 4 is 44.6 Å². The monoisotopic (exact) mass is 280 g/mol. The molecule has 18 heavy (non-hydrogen) atoms. The number of hydrogen-bond acceptors (Lipinski definition) is 3. The van der Waals surface area contributed by atoms with Crippen molar-refractivity contribution in [3.8, 4) is 0 Å². The molecule has 0 aliphatic rings. The van der Waals surface area contributed by atoms with E-state index < -0.39 is 0 Å². The van der Waals surface area contributed by atoms with Gasteiger partial charge >= 0.3 is 0 Å². The summed E-state index contributed by atoms with van der Waals surface area (Å²) >= 11 is 7.47. The normalized spacial score (nSPS) is 10.6. The van der Waals surface area contributed by atoms with Gasteiger partial charge in [0.2, 0.25) is 0 Å². The van der Waals surface area contributed by atoms with E-state index in [-0.39, 0.29) is 5.91 Å². The number of thiophene rings is 1. The average molecular weight is 281 g/mol. The number of carbonyl (C=O) groups excluding carboxylic acids is 1.